The van der Waals surface area contributed by atoms with Crippen molar-refractivity contribution in [3.8, 4) is 0 Å². The lowest BCUT2D eigenvalue weighted by Crippen LogP contribution is -2.58. The van der Waals surface area contributed by atoms with Crippen molar-refractivity contribution in [3.63, 3.8) is 0 Å². The number of halogens is 3. The molecule has 0 aliphatic carbocycles. The van der Waals surface area contributed by atoms with E-state index in [0.717, 1.165) is 0 Å². The van der Waals surface area contributed by atoms with Gasteiger partial charge in [0, 0.05) is 23.2 Å². The molecular weight excluding hydrogens is 469 g/mol. The second-order valence-corrected chi connectivity index (χ2v) is 12.3. The molecule has 1 aromatic carbocycles. The van der Waals surface area contributed by atoms with Gasteiger partial charge in [-0.25, -0.2) is 8.42 Å². The standard InChI is InChI=1S/C23H27F3N4O3S/c1-6-22(13-8-7-9-14(10-13)34(32,33)12(2)3)16-15(11-21(4,5)28-20(16)31)27-19-17(22)18(29-30-19)23(24,25)26/h7-10,12,19,27H,6,11H2,1-5H3,(H,28,31). The summed E-state index contributed by atoms with van der Waals surface area (Å²) < 4.78 is 68.1. The molecule has 0 saturated heterocycles. The summed E-state index contributed by atoms with van der Waals surface area (Å²) in [5.74, 6) is -0.503. The number of rotatable bonds is 4. The lowest BCUT2D eigenvalue weighted by atomic mass is 9.61. The lowest BCUT2D eigenvalue weighted by Gasteiger charge is -2.48. The van der Waals surface area contributed by atoms with Crippen LogP contribution in [0.4, 0.5) is 13.2 Å². The normalized spacial score (nSPS) is 26.4. The van der Waals surface area contributed by atoms with Gasteiger partial charge in [-0.3, -0.25) is 4.79 Å². The van der Waals surface area contributed by atoms with Crippen molar-refractivity contribution in [1.82, 2.24) is 10.6 Å². The summed E-state index contributed by atoms with van der Waals surface area (Å²) in [6, 6.07) is 5.88. The molecule has 11 heteroatoms. The Balaban J connectivity index is 2.09. The van der Waals surface area contributed by atoms with Gasteiger partial charge in [0.1, 0.15) is 0 Å². The lowest BCUT2D eigenvalue weighted by molar-refractivity contribution is -0.120. The fraction of sp³-hybridized carbons (Fsp3) is 0.522. The van der Waals surface area contributed by atoms with Crippen LogP contribution >= 0.6 is 0 Å². The van der Waals surface area contributed by atoms with Gasteiger partial charge in [-0.15, -0.1) is 5.11 Å². The van der Waals surface area contributed by atoms with Crippen molar-refractivity contribution in [3.05, 3.63) is 52.4 Å². The molecule has 0 spiro atoms. The van der Waals surface area contributed by atoms with Crippen LogP contribution in [-0.4, -0.2) is 37.5 Å². The Morgan fingerprint density at radius 1 is 1.24 bits per heavy atom. The number of azo groups is 1. The molecule has 184 valence electrons. The predicted molar refractivity (Wildman–Crippen MR) is 119 cm³/mol. The van der Waals surface area contributed by atoms with Crippen LogP contribution in [0.5, 0.6) is 0 Å². The number of allylic oxidation sites excluding steroid dienone is 1. The highest BCUT2D eigenvalue weighted by molar-refractivity contribution is 7.92. The fourth-order valence-electron chi connectivity index (χ4n) is 5.14. The molecule has 0 aromatic heterocycles. The first kappa shape index (κ1) is 24.4. The highest BCUT2D eigenvalue weighted by atomic mass is 32.2. The Morgan fingerprint density at radius 2 is 1.91 bits per heavy atom. The van der Waals surface area contributed by atoms with Crippen LogP contribution in [0.25, 0.3) is 0 Å². The monoisotopic (exact) mass is 496 g/mol. The Kier molecular flexibility index (Phi) is 5.50. The minimum atomic E-state index is -4.81. The number of fused-ring (bicyclic) bond motifs is 1. The third-order valence-corrected chi connectivity index (χ3v) is 8.83. The maximum absolute atomic E-state index is 14.1. The van der Waals surface area contributed by atoms with Crippen LogP contribution < -0.4 is 10.6 Å². The van der Waals surface area contributed by atoms with E-state index in [1.54, 1.807) is 13.0 Å². The molecule has 0 fully saturated rings. The number of sulfone groups is 1. The van der Waals surface area contributed by atoms with Gasteiger partial charge in [0.25, 0.3) is 5.91 Å². The Bertz CT molecular complexity index is 1260. The van der Waals surface area contributed by atoms with Gasteiger partial charge in [0.05, 0.1) is 21.1 Å². The van der Waals surface area contributed by atoms with E-state index in [0.29, 0.717) is 12.1 Å². The molecule has 2 atom stereocenters. The summed E-state index contributed by atoms with van der Waals surface area (Å²) in [6.45, 7) is 8.40. The van der Waals surface area contributed by atoms with Crippen LogP contribution in [0.1, 0.15) is 53.0 Å². The van der Waals surface area contributed by atoms with Crippen LogP contribution in [0.3, 0.4) is 0 Å². The van der Waals surface area contributed by atoms with Gasteiger partial charge in [-0.2, -0.15) is 18.3 Å². The minimum Gasteiger partial charge on any atom is -0.362 e. The minimum absolute atomic E-state index is 0.0114. The third kappa shape index (κ3) is 3.55. The molecule has 2 unspecified atom stereocenters. The molecule has 34 heavy (non-hydrogen) atoms. The van der Waals surface area contributed by atoms with E-state index in [1.807, 2.05) is 13.8 Å². The van der Waals surface area contributed by atoms with Gasteiger partial charge in [0.2, 0.25) is 0 Å². The molecule has 2 N–H and O–H groups in total. The smallest absolute Gasteiger partial charge is 0.362 e. The summed E-state index contributed by atoms with van der Waals surface area (Å²) in [4.78, 5) is 13.4. The molecule has 3 heterocycles. The largest absolute Gasteiger partial charge is 0.435 e. The number of nitrogens with zero attached hydrogens (tertiary/aromatic N) is 2. The zero-order valence-corrected chi connectivity index (χ0v) is 20.4. The predicted octanol–water partition coefficient (Wildman–Crippen LogP) is 4.28. The van der Waals surface area contributed by atoms with E-state index in [9.17, 15) is 26.4 Å². The quantitative estimate of drug-likeness (QED) is 0.650. The van der Waals surface area contributed by atoms with Crippen molar-refractivity contribution >= 4 is 15.7 Å². The number of nitrogens with one attached hydrogen (secondary N) is 2. The molecule has 0 bridgehead atoms. The fourth-order valence-corrected chi connectivity index (χ4v) is 6.24. The molecule has 3 aliphatic heterocycles. The number of alkyl halides is 3. The number of carbonyl (C=O) groups is 1. The molecule has 1 amide bonds. The Hall–Kier alpha value is -2.69. The van der Waals surface area contributed by atoms with Gasteiger partial charge >= 0.3 is 6.18 Å². The van der Waals surface area contributed by atoms with E-state index < -0.39 is 50.0 Å². The van der Waals surface area contributed by atoms with Crippen LogP contribution in [0.2, 0.25) is 0 Å². The van der Waals surface area contributed by atoms with Crippen LogP contribution in [-0.2, 0) is 20.0 Å². The third-order valence-electron chi connectivity index (χ3n) is 6.67. The highest BCUT2D eigenvalue weighted by Crippen LogP contribution is 2.54. The van der Waals surface area contributed by atoms with E-state index >= 15 is 0 Å². The summed E-state index contributed by atoms with van der Waals surface area (Å²) in [5.41, 5.74) is -2.62. The number of benzene rings is 1. The maximum atomic E-state index is 14.1. The summed E-state index contributed by atoms with van der Waals surface area (Å²) in [7, 11) is -3.72. The number of amides is 1. The average Bonchev–Trinajstić information content (AvgIpc) is 3.16. The van der Waals surface area contributed by atoms with Crippen LogP contribution in [0, 0.1) is 0 Å². The maximum Gasteiger partial charge on any atom is 0.435 e. The van der Waals surface area contributed by atoms with Gasteiger partial charge < -0.3 is 10.6 Å². The second-order valence-electron chi connectivity index (χ2n) is 9.77. The van der Waals surface area contributed by atoms with Gasteiger partial charge in [0.15, 0.2) is 21.7 Å². The number of carbonyl (C=O) groups excluding carboxylic acids is 1. The van der Waals surface area contributed by atoms with E-state index in [1.165, 1.54) is 32.0 Å². The first-order chi connectivity index (χ1) is 15.6. The number of hydrogen-bond donors (Lipinski definition) is 2. The van der Waals surface area contributed by atoms with Crippen molar-refractivity contribution < 1.29 is 26.4 Å². The Morgan fingerprint density at radius 3 is 2.50 bits per heavy atom. The SMILES string of the molecule is CCC1(c2cccc(S(=O)(=O)C(C)C)c2)C2=C(CC(C)(C)NC2=O)NC2N=NC(C(F)(F)F)=C21. The van der Waals surface area contributed by atoms with Crippen molar-refractivity contribution in [2.45, 2.75) is 80.9 Å². The molecular formula is C23H27F3N4O3S. The molecule has 4 rings (SSSR count). The molecule has 0 radical (unpaired) electrons. The summed E-state index contributed by atoms with van der Waals surface area (Å²) in [5, 5.41) is 12.5. The average molecular weight is 497 g/mol. The first-order valence-corrected chi connectivity index (χ1v) is 12.6. The molecule has 0 saturated carbocycles. The zero-order valence-electron chi connectivity index (χ0n) is 19.5. The van der Waals surface area contributed by atoms with Gasteiger partial charge in [-0.05, 0) is 51.8 Å². The molecule has 3 aliphatic rings. The molecule has 1 aromatic rings. The van der Waals surface area contributed by atoms with E-state index in [-0.39, 0.29) is 28.0 Å². The zero-order chi connectivity index (χ0) is 25.3. The second kappa shape index (κ2) is 7.66. The summed E-state index contributed by atoms with van der Waals surface area (Å²) in [6.07, 6.45) is -5.49. The van der Waals surface area contributed by atoms with Crippen molar-refractivity contribution in [2.75, 3.05) is 0 Å². The van der Waals surface area contributed by atoms with Gasteiger partial charge in [-0.1, -0.05) is 19.1 Å². The van der Waals surface area contributed by atoms with Crippen LogP contribution in [0.15, 0.2) is 61.9 Å². The Labute approximate surface area is 196 Å². The molecule has 7 nitrogen and oxygen atoms in total. The van der Waals surface area contributed by atoms with Crippen molar-refractivity contribution in [2.24, 2.45) is 10.2 Å². The topological polar surface area (TPSA) is 100.0 Å². The first-order valence-electron chi connectivity index (χ1n) is 11.0. The highest BCUT2D eigenvalue weighted by Gasteiger charge is 2.58. The van der Waals surface area contributed by atoms with E-state index in [4.69, 9.17) is 0 Å². The number of hydrogen-bond acceptors (Lipinski definition) is 6. The summed E-state index contributed by atoms with van der Waals surface area (Å²) >= 11 is 0. The van der Waals surface area contributed by atoms with Crippen molar-refractivity contribution in [1.29, 1.82) is 0 Å². The van der Waals surface area contributed by atoms with E-state index in [2.05, 4.69) is 20.9 Å².